The molecule has 0 fully saturated rings. The molecular formula is C29H33Br2N3O4S. The number of sulfonamides is 1. The molecule has 0 saturated heterocycles. The summed E-state index contributed by atoms with van der Waals surface area (Å²) in [6.07, 6.45) is 0. The minimum Gasteiger partial charge on any atom is -0.350 e. The Kier molecular flexibility index (Phi) is 10.0. The Morgan fingerprint density at radius 1 is 0.923 bits per heavy atom. The van der Waals surface area contributed by atoms with Crippen LogP contribution in [0.15, 0.2) is 86.6 Å². The van der Waals surface area contributed by atoms with Gasteiger partial charge in [-0.25, -0.2) is 8.42 Å². The third-order valence-electron chi connectivity index (χ3n) is 5.89. The number of hydrogen-bond acceptors (Lipinski definition) is 4. The van der Waals surface area contributed by atoms with Crippen molar-refractivity contribution in [2.24, 2.45) is 0 Å². The van der Waals surface area contributed by atoms with Crippen molar-refractivity contribution in [1.82, 2.24) is 10.2 Å². The summed E-state index contributed by atoms with van der Waals surface area (Å²) in [5.41, 5.74) is 1.53. The molecule has 7 nitrogen and oxygen atoms in total. The first-order chi connectivity index (χ1) is 18.2. The average Bonchev–Trinajstić information content (AvgIpc) is 2.84. The second-order valence-corrected chi connectivity index (χ2v) is 14.1. The number of benzene rings is 3. The average molecular weight is 679 g/mol. The van der Waals surface area contributed by atoms with Crippen LogP contribution in [0.25, 0.3) is 0 Å². The Hall–Kier alpha value is -2.69. The zero-order valence-corrected chi connectivity index (χ0v) is 26.6. The van der Waals surface area contributed by atoms with Gasteiger partial charge in [0.1, 0.15) is 12.6 Å². The summed E-state index contributed by atoms with van der Waals surface area (Å²) >= 11 is 6.86. The second kappa shape index (κ2) is 12.7. The van der Waals surface area contributed by atoms with Crippen molar-refractivity contribution in [3.05, 3.63) is 92.9 Å². The largest absolute Gasteiger partial charge is 0.350 e. The van der Waals surface area contributed by atoms with Gasteiger partial charge in [0.25, 0.3) is 10.0 Å². The maximum absolute atomic E-state index is 14.0. The van der Waals surface area contributed by atoms with Gasteiger partial charge >= 0.3 is 0 Å². The Bertz CT molecular complexity index is 1440. The molecule has 0 aliphatic heterocycles. The number of rotatable bonds is 9. The minimum absolute atomic E-state index is 0.0675. The molecule has 0 radical (unpaired) electrons. The van der Waals surface area contributed by atoms with E-state index in [2.05, 4.69) is 37.2 Å². The number of hydrogen-bond donors (Lipinski definition) is 1. The maximum Gasteiger partial charge on any atom is 0.264 e. The van der Waals surface area contributed by atoms with Crippen LogP contribution in [0.5, 0.6) is 0 Å². The van der Waals surface area contributed by atoms with E-state index in [1.165, 1.54) is 17.0 Å². The van der Waals surface area contributed by atoms with E-state index in [1.54, 1.807) is 43.3 Å². The number of carbonyl (C=O) groups excluding carboxylic acids is 2. The Balaban J connectivity index is 2.04. The predicted molar refractivity (Wildman–Crippen MR) is 162 cm³/mol. The first kappa shape index (κ1) is 30.8. The van der Waals surface area contributed by atoms with Crippen LogP contribution < -0.4 is 9.62 Å². The molecule has 0 aliphatic rings. The lowest BCUT2D eigenvalue weighted by Crippen LogP contribution is -2.54. The molecule has 39 heavy (non-hydrogen) atoms. The van der Waals surface area contributed by atoms with Crippen LogP contribution in [-0.4, -0.2) is 43.3 Å². The topological polar surface area (TPSA) is 86.8 Å². The summed E-state index contributed by atoms with van der Waals surface area (Å²) < 4.78 is 30.3. The highest BCUT2D eigenvalue weighted by Crippen LogP contribution is 2.27. The quantitative estimate of drug-likeness (QED) is 0.299. The van der Waals surface area contributed by atoms with Crippen LogP contribution in [-0.2, 0) is 26.2 Å². The highest BCUT2D eigenvalue weighted by atomic mass is 79.9. The number of anilines is 1. The zero-order chi connectivity index (χ0) is 29.0. The van der Waals surface area contributed by atoms with E-state index in [9.17, 15) is 18.0 Å². The summed E-state index contributed by atoms with van der Waals surface area (Å²) in [6.45, 7) is 8.73. The molecule has 3 aromatic carbocycles. The van der Waals surface area contributed by atoms with Crippen LogP contribution in [0.2, 0.25) is 0 Å². The van der Waals surface area contributed by atoms with E-state index < -0.39 is 34.1 Å². The molecular weight excluding hydrogens is 646 g/mol. The molecule has 0 bridgehead atoms. The number of aryl methyl sites for hydroxylation is 1. The van der Waals surface area contributed by atoms with E-state index >= 15 is 0 Å². The van der Waals surface area contributed by atoms with Gasteiger partial charge in [-0.15, -0.1) is 0 Å². The first-order valence-electron chi connectivity index (χ1n) is 12.4. The second-order valence-electron chi connectivity index (χ2n) is 10.4. The lowest BCUT2D eigenvalue weighted by Gasteiger charge is -2.33. The third kappa shape index (κ3) is 8.40. The molecule has 10 heteroatoms. The SMILES string of the molecule is Cc1ccc(S(=O)(=O)N(CC(=O)N(Cc2cccc(Br)c2)C(C)C(=O)NC(C)(C)C)c2cccc(Br)c2)cc1. The van der Waals surface area contributed by atoms with E-state index in [0.29, 0.717) is 10.2 Å². The monoisotopic (exact) mass is 677 g/mol. The molecule has 0 aliphatic carbocycles. The molecule has 208 valence electrons. The van der Waals surface area contributed by atoms with Gasteiger partial charge in [0.2, 0.25) is 11.8 Å². The van der Waals surface area contributed by atoms with E-state index in [4.69, 9.17) is 0 Å². The normalized spacial score (nSPS) is 12.5. The zero-order valence-electron chi connectivity index (χ0n) is 22.6. The van der Waals surface area contributed by atoms with Gasteiger partial charge in [0.15, 0.2) is 0 Å². The van der Waals surface area contributed by atoms with Crippen molar-refractivity contribution < 1.29 is 18.0 Å². The van der Waals surface area contributed by atoms with Crippen LogP contribution in [0.1, 0.15) is 38.8 Å². The summed E-state index contributed by atoms with van der Waals surface area (Å²) in [6, 6.07) is 19.8. The molecule has 1 unspecified atom stereocenters. The fraction of sp³-hybridized carbons (Fsp3) is 0.310. The number of nitrogens with zero attached hydrogens (tertiary/aromatic N) is 2. The molecule has 3 rings (SSSR count). The molecule has 0 saturated carbocycles. The number of nitrogens with one attached hydrogen (secondary N) is 1. The van der Waals surface area contributed by atoms with Crippen LogP contribution in [0, 0.1) is 6.92 Å². The number of amides is 2. The van der Waals surface area contributed by atoms with Gasteiger partial charge in [-0.05, 0) is 82.6 Å². The van der Waals surface area contributed by atoms with Gasteiger partial charge in [-0.2, -0.15) is 0 Å². The van der Waals surface area contributed by atoms with Crippen molar-refractivity contribution in [3.63, 3.8) is 0 Å². The van der Waals surface area contributed by atoms with Crippen LogP contribution >= 0.6 is 31.9 Å². The Labute approximate surface area is 247 Å². The van der Waals surface area contributed by atoms with Gasteiger partial charge in [-0.1, -0.05) is 67.8 Å². The highest BCUT2D eigenvalue weighted by Gasteiger charge is 2.33. The first-order valence-corrected chi connectivity index (χ1v) is 15.4. The lowest BCUT2D eigenvalue weighted by molar-refractivity contribution is -0.140. The Morgan fingerprint density at radius 2 is 1.51 bits per heavy atom. The molecule has 1 N–H and O–H groups in total. The van der Waals surface area contributed by atoms with Crippen molar-refractivity contribution in [1.29, 1.82) is 0 Å². The fourth-order valence-corrected chi connectivity index (χ4v) is 6.13. The van der Waals surface area contributed by atoms with Gasteiger partial charge in [0.05, 0.1) is 10.6 Å². The highest BCUT2D eigenvalue weighted by molar-refractivity contribution is 9.10. The van der Waals surface area contributed by atoms with Crippen molar-refractivity contribution in [2.45, 2.75) is 57.6 Å². The molecule has 0 aromatic heterocycles. The Morgan fingerprint density at radius 3 is 2.08 bits per heavy atom. The van der Waals surface area contributed by atoms with E-state index in [0.717, 1.165) is 19.9 Å². The maximum atomic E-state index is 14.0. The number of carbonyl (C=O) groups is 2. The van der Waals surface area contributed by atoms with E-state index in [-0.39, 0.29) is 17.3 Å². The molecule has 3 aromatic rings. The van der Waals surface area contributed by atoms with Crippen LogP contribution in [0.3, 0.4) is 0 Å². The number of halogens is 2. The minimum atomic E-state index is -4.11. The van der Waals surface area contributed by atoms with Crippen molar-refractivity contribution in [3.8, 4) is 0 Å². The molecule has 0 heterocycles. The summed E-state index contributed by atoms with van der Waals surface area (Å²) in [5, 5.41) is 2.93. The fourth-order valence-electron chi connectivity index (χ4n) is 3.89. The third-order valence-corrected chi connectivity index (χ3v) is 8.67. The van der Waals surface area contributed by atoms with Gasteiger partial charge in [0, 0.05) is 21.0 Å². The van der Waals surface area contributed by atoms with Crippen molar-refractivity contribution in [2.75, 3.05) is 10.8 Å². The summed E-state index contributed by atoms with van der Waals surface area (Å²) in [7, 11) is -4.11. The summed E-state index contributed by atoms with van der Waals surface area (Å²) in [4.78, 5) is 28.6. The smallest absolute Gasteiger partial charge is 0.264 e. The van der Waals surface area contributed by atoms with Crippen LogP contribution in [0.4, 0.5) is 5.69 Å². The predicted octanol–water partition coefficient (Wildman–Crippen LogP) is 6.05. The van der Waals surface area contributed by atoms with Gasteiger partial charge < -0.3 is 10.2 Å². The standard InChI is InChI=1S/C29H33Br2N3O4S/c1-20-12-14-26(15-13-20)39(37,38)34(25-11-7-10-24(31)17-25)19-27(35)33(18-22-8-6-9-23(30)16-22)21(2)28(36)32-29(3,4)5/h6-17,21H,18-19H2,1-5H3,(H,32,36). The molecule has 1 atom stereocenters. The lowest BCUT2D eigenvalue weighted by atomic mass is 10.1. The summed E-state index contributed by atoms with van der Waals surface area (Å²) in [5.74, 6) is -0.844. The molecule has 2 amide bonds. The molecule has 0 spiro atoms. The van der Waals surface area contributed by atoms with E-state index in [1.807, 2.05) is 52.0 Å². The van der Waals surface area contributed by atoms with Gasteiger partial charge in [-0.3, -0.25) is 13.9 Å². The van der Waals surface area contributed by atoms with Crippen molar-refractivity contribution >= 4 is 59.4 Å².